The van der Waals surface area contributed by atoms with Gasteiger partial charge in [-0.05, 0) is 40.0 Å². The third-order valence-corrected chi connectivity index (χ3v) is 4.80. The van der Waals surface area contributed by atoms with Crippen LogP contribution in [0.5, 0.6) is 0 Å². The number of halogens is 1. The van der Waals surface area contributed by atoms with Gasteiger partial charge in [-0.15, -0.1) is 11.3 Å². The minimum Gasteiger partial charge on any atom is -0.340 e. The molecule has 0 aliphatic carbocycles. The Morgan fingerprint density at radius 2 is 2.26 bits per heavy atom. The van der Waals surface area contributed by atoms with Crippen molar-refractivity contribution in [2.24, 2.45) is 0 Å². The topological polar surface area (TPSA) is 35.6 Å². The summed E-state index contributed by atoms with van der Waals surface area (Å²) in [6.45, 7) is 5.25. The van der Waals surface area contributed by atoms with E-state index in [-0.39, 0.29) is 5.91 Å². The Balaban J connectivity index is 1.70. The Hall–Kier alpha value is -0.430. The number of carbonyl (C=O) groups excluding carboxylic acids is 1. The Kier molecular flexibility index (Phi) is 5.81. The summed E-state index contributed by atoms with van der Waals surface area (Å²) in [5.41, 5.74) is 1.30. The lowest BCUT2D eigenvalue weighted by Gasteiger charge is -2.28. The number of thiophene rings is 1. The van der Waals surface area contributed by atoms with Crippen molar-refractivity contribution in [2.45, 2.75) is 13.0 Å². The molecule has 0 unspecified atom stereocenters. The normalized spacial score (nSPS) is 16.1. The van der Waals surface area contributed by atoms with E-state index in [9.17, 15) is 4.79 Å². The van der Waals surface area contributed by atoms with Crippen LogP contribution in [0.15, 0.2) is 15.2 Å². The highest BCUT2D eigenvalue weighted by atomic mass is 79.9. The molecule has 1 aromatic rings. The summed E-state index contributed by atoms with van der Waals surface area (Å²) in [5, 5.41) is 5.41. The van der Waals surface area contributed by atoms with E-state index in [0.29, 0.717) is 6.42 Å². The van der Waals surface area contributed by atoms with Crippen molar-refractivity contribution in [3.8, 4) is 0 Å². The van der Waals surface area contributed by atoms with E-state index in [1.54, 1.807) is 11.3 Å². The molecule has 1 N–H and O–H groups in total. The molecule has 0 spiro atoms. The molecule has 1 aliphatic rings. The van der Waals surface area contributed by atoms with Gasteiger partial charge in [0.05, 0.1) is 3.79 Å². The zero-order valence-corrected chi connectivity index (χ0v) is 13.6. The number of hydrogen-bond acceptors (Lipinski definition) is 4. The summed E-state index contributed by atoms with van der Waals surface area (Å²) in [6.07, 6.45) is 0.613. The van der Waals surface area contributed by atoms with E-state index < -0.39 is 0 Å². The molecule has 1 saturated heterocycles. The second-order valence-electron chi connectivity index (χ2n) is 4.88. The Morgan fingerprint density at radius 1 is 1.53 bits per heavy atom. The number of piperazine rings is 1. The number of nitrogens with one attached hydrogen (secondary N) is 1. The van der Waals surface area contributed by atoms with Gasteiger partial charge in [-0.25, -0.2) is 0 Å². The van der Waals surface area contributed by atoms with Crippen molar-refractivity contribution in [3.05, 3.63) is 20.8 Å². The summed E-state index contributed by atoms with van der Waals surface area (Å²) in [7, 11) is 2.07. The molecule has 2 rings (SSSR count). The van der Waals surface area contributed by atoms with Crippen molar-refractivity contribution in [1.82, 2.24) is 15.1 Å². The van der Waals surface area contributed by atoms with Crippen LogP contribution in [-0.4, -0.2) is 55.5 Å². The van der Waals surface area contributed by atoms with Gasteiger partial charge in [0, 0.05) is 45.7 Å². The molecule has 1 aliphatic heterocycles. The molecule has 0 radical (unpaired) electrons. The summed E-state index contributed by atoms with van der Waals surface area (Å²) in [5.74, 6) is 0.278. The quantitative estimate of drug-likeness (QED) is 0.883. The molecule has 106 valence electrons. The zero-order chi connectivity index (χ0) is 13.7. The fourth-order valence-electron chi connectivity index (χ4n) is 2.18. The monoisotopic (exact) mass is 345 g/mol. The predicted molar refractivity (Wildman–Crippen MR) is 82.4 cm³/mol. The Labute approximate surface area is 126 Å². The minimum atomic E-state index is 0.278. The van der Waals surface area contributed by atoms with Gasteiger partial charge in [-0.3, -0.25) is 4.79 Å². The number of rotatable bonds is 5. The van der Waals surface area contributed by atoms with E-state index in [4.69, 9.17) is 0 Å². The van der Waals surface area contributed by atoms with E-state index in [2.05, 4.69) is 44.6 Å². The molecule has 0 atom stereocenters. The first-order valence-electron chi connectivity index (χ1n) is 6.55. The average molecular weight is 346 g/mol. The maximum Gasteiger partial charge on any atom is 0.223 e. The zero-order valence-electron chi connectivity index (χ0n) is 11.2. The first kappa shape index (κ1) is 15.0. The first-order chi connectivity index (χ1) is 9.15. The van der Waals surface area contributed by atoms with E-state index in [1.807, 2.05) is 4.90 Å². The van der Waals surface area contributed by atoms with Crippen LogP contribution in [0.4, 0.5) is 0 Å². The maximum absolute atomic E-state index is 12.0. The minimum absolute atomic E-state index is 0.278. The molecule has 19 heavy (non-hydrogen) atoms. The van der Waals surface area contributed by atoms with Gasteiger partial charge in [0.2, 0.25) is 5.91 Å². The van der Waals surface area contributed by atoms with Crippen LogP contribution in [0, 0.1) is 0 Å². The van der Waals surface area contributed by atoms with Crippen LogP contribution in [0.2, 0.25) is 0 Å². The molecule has 1 amide bonds. The van der Waals surface area contributed by atoms with Gasteiger partial charge >= 0.3 is 0 Å². The van der Waals surface area contributed by atoms with Crippen molar-refractivity contribution >= 4 is 33.2 Å². The summed E-state index contributed by atoms with van der Waals surface area (Å²) < 4.78 is 1.16. The van der Waals surface area contributed by atoms with Crippen LogP contribution in [0.25, 0.3) is 0 Å². The molecule has 0 bridgehead atoms. The molecule has 2 heterocycles. The standard InChI is InChI=1S/C13H20BrN3OS/c1-16(9-11-8-12(14)19-10-11)5-2-13(18)17-6-3-15-4-7-17/h8,10,15H,2-7,9H2,1H3. The van der Waals surface area contributed by atoms with Crippen molar-refractivity contribution in [2.75, 3.05) is 39.8 Å². The van der Waals surface area contributed by atoms with Gasteiger partial charge in [0.15, 0.2) is 0 Å². The second kappa shape index (κ2) is 7.38. The highest BCUT2D eigenvalue weighted by Gasteiger charge is 2.16. The summed E-state index contributed by atoms with van der Waals surface area (Å²) in [6, 6.07) is 2.14. The van der Waals surface area contributed by atoms with Crippen LogP contribution in [0.1, 0.15) is 12.0 Å². The molecule has 6 heteroatoms. The van der Waals surface area contributed by atoms with Crippen molar-refractivity contribution in [1.29, 1.82) is 0 Å². The molecule has 0 saturated carbocycles. The van der Waals surface area contributed by atoms with E-state index in [0.717, 1.165) is 43.1 Å². The smallest absolute Gasteiger partial charge is 0.223 e. The number of amides is 1. The highest BCUT2D eigenvalue weighted by Crippen LogP contribution is 2.21. The number of carbonyl (C=O) groups is 1. The van der Waals surface area contributed by atoms with Crippen molar-refractivity contribution < 1.29 is 4.79 Å². The third-order valence-electron chi connectivity index (χ3n) is 3.25. The van der Waals surface area contributed by atoms with Gasteiger partial charge in [-0.1, -0.05) is 0 Å². The fourth-order valence-corrected chi connectivity index (χ4v) is 3.38. The molecule has 1 fully saturated rings. The fraction of sp³-hybridized carbons (Fsp3) is 0.615. The largest absolute Gasteiger partial charge is 0.340 e. The van der Waals surface area contributed by atoms with E-state index >= 15 is 0 Å². The van der Waals surface area contributed by atoms with Gasteiger partial charge in [0.1, 0.15) is 0 Å². The SMILES string of the molecule is CN(CCC(=O)N1CCNCC1)Cc1csc(Br)c1. The third kappa shape index (κ3) is 4.87. The highest BCUT2D eigenvalue weighted by molar-refractivity contribution is 9.11. The van der Waals surface area contributed by atoms with E-state index in [1.165, 1.54) is 5.56 Å². The molecule has 4 nitrogen and oxygen atoms in total. The lowest BCUT2D eigenvalue weighted by Crippen LogP contribution is -2.47. The average Bonchev–Trinajstić information content (AvgIpc) is 2.82. The van der Waals surface area contributed by atoms with Gasteiger partial charge in [0.25, 0.3) is 0 Å². The lowest BCUT2D eigenvalue weighted by atomic mass is 10.2. The van der Waals surface area contributed by atoms with Gasteiger partial charge < -0.3 is 15.1 Å². The number of hydrogen-bond donors (Lipinski definition) is 1. The summed E-state index contributed by atoms with van der Waals surface area (Å²) in [4.78, 5) is 16.2. The molecule has 0 aromatic carbocycles. The molecular formula is C13H20BrN3OS. The first-order valence-corrected chi connectivity index (χ1v) is 8.22. The molecular weight excluding hydrogens is 326 g/mol. The number of nitrogens with zero attached hydrogens (tertiary/aromatic N) is 2. The second-order valence-corrected chi connectivity index (χ2v) is 7.17. The lowest BCUT2D eigenvalue weighted by molar-refractivity contribution is -0.132. The van der Waals surface area contributed by atoms with Gasteiger partial charge in [-0.2, -0.15) is 0 Å². The molecule has 1 aromatic heterocycles. The van der Waals surface area contributed by atoms with Crippen LogP contribution in [0.3, 0.4) is 0 Å². The van der Waals surface area contributed by atoms with Crippen LogP contribution >= 0.6 is 27.3 Å². The maximum atomic E-state index is 12.0. The predicted octanol–water partition coefficient (Wildman–Crippen LogP) is 1.76. The van der Waals surface area contributed by atoms with Crippen LogP contribution < -0.4 is 5.32 Å². The summed E-state index contributed by atoms with van der Waals surface area (Å²) >= 11 is 5.17. The van der Waals surface area contributed by atoms with Crippen LogP contribution in [-0.2, 0) is 11.3 Å². The van der Waals surface area contributed by atoms with Crippen molar-refractivity contribution in [3.63, 3.8) is 0 Å². The Morgan fingerprint density at radius 3 is 2.89 bits per heavy atom. The Bertz CT molecular complexity index is 418.